The Bertz CT molecular complexity index is 250. The van der Waals surface area contributed by atoms with E-state index in [2.05, 4.69) is 4.98 Å². The van der Waals surface area contributed by atoms with E-state index in [1.165, 1.54) is 0 Å². The molecule has 1 unspecified atom stereocenters. The topological polar surface area (TPSA) is 53.4 Å². The predicted octanol–water partition coefficient (Wildman–Crippen LogP) is 1.06. The van der Waals surface area contributed by atoms with Crippen molar-refractivity contribution in [3.8, 4) is 0 Å². The largest absolute Gasteiger partial charge is 0.396 e. The Kier molecular flexibility index (Phi) is 3.39. The molecule has 1 aromatic heterocycles. The first-order valence-electron chi connectivity index (χ1n) is 4.47. The van der Waals surface area contributed by atoms with Crippen molar-refractivity contribution >= 4 is 0 Å². The fourth-order valence-corrected chi connectivity index (χ4v) is 1.31. The highest BCUT2D eigenvalue weighted by atomic mass is 16.3. The summed E-state index contributed by atoms with van der Waals surface area (Å²) in [6.45, 7) is 1.85. The highest BCUT2D eigenvalue weighted by Crippen LogP contribution is 2.25. The van der Waals surface area contributed by atoms with Crippen LogP contribution < -0.4 is 0 Å². The smallest absolute Gasteiger partial charge is 0.108 e. The Balaban J connectivity index is 2.89. The van der Waals surface area contributed by atoms with Crippen LogP contribution in [0, 0.1) is 0 Å². The summed E-state index contributed by atoms with van der Waals surface area (Å²) in [6.07, 6.45) is 2.54. The standard InChI is InChI=1S/C10H15NO2/c1-2-10(13,6-8-12)9-5-3-4-7-11-9/h3-5,7,12-13H,2,6,8H2,1H3. The third-order valence-electron chi connectivity index (χ3n) is 2.25. The number of hydrogen-bond donors (Lipinski definition) is 2. The third kappa shape index (κ3) is 2.26. The summed E-state index contributed by atoms with van der Waals surface area (Å²) in [5, 5.41) is 18.9. The van der Waals surface area contributed by atoms with Gasteiger partial charge < -0.3 is 10.2 Å². The molecule has 2 N–H and O–H groups in total. The zero-order valence-electron chi connectivity index (χ0n) is 7.77. The van der Waals surface area contributed by atoms with Crippen LogP contribution in [0.2, 0.25) is 0 Å². The van der Waals surface area contributed by atoms with Gasteiger partial charge in [0.15, 0.2) is 0 Å². The van der Waals surface area contributed by atoms with E-state index in [4.69, 9.17) is 5.11 Å². The number of aromatic nitrogens is 1. The lowest BCUT2D eigenvalue weighted by atomic mass is 9.92. The molecule has 72 valence electrons. The minimum atomic E-state index is -0.976. The maximum atomic E-state index is 10.1. The average Bonchev–Trinajstić information content (AvgIpc) is 2.19. The number of rotatable bonds is 4. The van der Waals surface area contributed by atoms with Gasteiger partial charge in [-0.2, -0.15) is 0 Å². The number of aliphatic hydroxyl groups is 2. The molecule has 0 saturated heterocycles. The summed E-state index contributed by atoms with van der Waals surface area (Å²) in [5.74, 6) is 0. The van der Waals surface area contributed by atoms with Gasteiger partial charge in [-0.3, -0.25) is 4.98 Å². The molecule has 1 rings (SSSR count). The summed E-state index contributed by atoms with van der Waals surface area (Å²) in [7, 11) is 0. The van der Waals surface area contributed by atoms with E-state index in [9.17, 15) is 5.11 Å². The highest BCUT2D eigenvalue weighted by molar-refractivity contribution is 5.12. The van der Waals surface area contributed by atoms with E-state index in [1.807, 2.05) is 13.0 Å². The Labute approximate surface area is 78.1 Å². The summed E-state index contributed by atoms with van der Waals surface area (Å²) < 4.78 is 0. The summed E-state index contributed by atoms with van der Waals surface area (Å²) in [4.78, 5) is 4.08. The van der Waals surface area contributed by atoms with Gasteiger partial charge in [0.1, 0.15) is 5.60 Å². The second kappa shape index (κ2) is 4.35. The lowest BCUT2D eigenvalue weighted by Gasteiger charge is -2.24. The van der Waals surface area contributed by atoms with Crippen LogP contribution in [-0.4, -0.2) is 21.8 Å². The molecular weight excluding hydrogens is 166 g/mol. The molecule has 0 aromatic carbocycles. The molecule has 0 saturated carbocycles. The summed E-state index contributed by atoms with van der Waals surface area (Å²) >= 11 is 0. The Hall–Kier alpha value is -0.930. The van der Waals surface area contributed by atoms with Crippen LogP contribution in [0.1, 0.15) is 25.5 Å². The maximum Gasteiger partial charge on any atom is 0.108 e. The normalized spacial score (nSPS) is 15.3. The van der Waals surface area contributed by atoms with Crippen LogP contribution in [0.4, 0.5) is 0 Å². The minimum absolute atomic E-state index is 0.0269. The molecule has 0 radical (unpaired) electrons. The van der Waals surface area contributed by atoms with Crippen molar-refractivity contribution in [3.05, 3.63) is 30.1 Å². The van der Waals surface area contributed by atoms with Crippen molar-refractivity contribution in [2.45, 2.75) is 25.4 Å². The van der Waals surface area contributed by atoms with Crippen LogP contribution in [0.5, 0.6) is 0 Å². The predicted molar refractivity (Wildman–Crippen MR) is 50.1 cm³/mol. The summed E-state index contributed by atoms with van der Waals surface area (Å²) in [5.41, 5.74) is -0.345. The van der Waals surface area contributed by atoms with Crippen molar-refractivity contribution < 1.29 is 10.2 Å². The quantitative estimate of drug-likeness (QED) is 0.730. The fourth-order valence-electron chi connectivity index (χ4n) is 1.31. The molecule has 0 aliphatic carbocycles. The van der Waals surface area contributed by atoms with Crippen molar-refractivity contribution in [2.24, 2.45) is 0 Å². The lowest BCUT2D eigenvalue weighted by molar-refractivity contribution is 0.00386. The number of pyridine rings is 1. The van der Waals surface area contributed by atoms with Crippen LogP contribution in [0.25, 0.3) is 0 Å². The van der Waals surface area contributed by atoms with Gasteiger partial charge in [-0.25, -0.2) is 0 Å². The second-order valence-electron chi connectivity index (χ2n) is 3.07. The van der Waals surface area contributed by atoms with Crippen molar-refractivity contribution in [3.63, 3.8) is 0 Å². The van der Waals surface area contributed by atoms with Crippen molar-refractivity contribution in [1.29, 1.82) is 0 Å². The minimum Gasteiger partial charge on any atom is -0.396 e. The zero-order valence-corrected chi connectivity index (χ0v) is 7.77. The molecule has 1 heterocycles. The molecule has 0 amide bonds. The summed E-state index contributed by atoms with van der Waals surface area (Å²) in [6, 6.07) is 5.41. The average molecular weight is 181 g/mol. The van der Waals surface area contributed by atoms with E-state index in [0.29, 0.717) is 18.5 Å². The van der Waals surface area contributed by atoms with Gasteiger partial charge in [0, 0.05) is 19.2 Å². The van der Waals surface area contributed by atoms with Gasteiger partial charge in [0.2, 0.25) is 0 Å². The number of nitrogens with zero attached hydrogens (tertiary/aromatic N) is 1. The highest BCUT2D eigenvalue weighted by Gasteiger charge is 2.27. The van der Waals surface area contributed by atoms with E-state index in [1.54, 1.807) is 18.3 Å². The van der Waals surface area contributed by atoms with Crippen LogP contribution in [0.15, 0.2) is 24.4 Å². The SMILES string of the molecule is CCC(O)(CCO)c1ccccn1. The molecule has 1 aromatic rings. The molecule has 0 bridgehead atoms. The van der Waals surface area contributed by atoms with Crippen LogP contribution in [0.3, 0.4) is 0 Å². The monoisotopic (exact) mass is 181 g/mol. The van der Waals surface area contributed by atoms with E-state index >= 15 is 0 Å². The lowest BCUT2D eigenvalue weighted by Crippen LogP contribution is -2.27. The molecule has 0 spiro atoms. The first-order valence-corrected chi connectivity index (χ1v) is 4.47. The van der Waals surface area contributed by atoms with E-state index in [0.717, 1.165) is 0 Å². The van der Waals surface area contributed by atoms with E-state index < -0.39 is 5.60 Å². The molecule has 0 aliphatic rings. The number of hydrogen-bond acceptors (Lipinski definition) is 3. The van der Waals surface area contributed by atoms with Crippen LogP contribution >= 0.6 is 0 Å². The molecule has 13 heavy (non-hydrogen) atoms. The zero-order chi connectivity index (χ0) is 9.73. The second-order valence-corrected chi connectivity index (χ2v) is 3.07. The van der Waals surface area contributed by atoms with Gasteiger partial charge in [-0.1, -0.05) is 13.0 Å². The number of aliphatic hydroxyl groups excluding tert-OH is 1. The first kappa shape index (κ1) is 10.2. The Morgan fingerprint density at radius 1 is 1.46 bits per heavy atom. The van der Waals surface area contributed by atoms with Gasteiger partial charge in [0.05, 0.1) is 5.69 Å². The van der Waals surface area contributed by atoms with Gasteiger partial charge >= 0.3 is 0 Å². The molecule has 0 fully saturated rings. The Morgan fingerprint density at radius 3 is 2.69 bits per heavy atom. The van der Waals surface area contributed by atoms with Gasteiger partial charge in [-0.15, -0.1) is 0 Å². The fraction of sp³-hybridized carbons (Fsp3) is 0.500. The molecule has 3 heteroatoms. The molecule has 3 nitrogen and oxygen atoms in total. The van der Waals surface area contributed by atoms with E-state index in [-0.39, 0.29) is 6.61 Å². The molecule has 1 atom stereocenters. The maximum absolute atomic E-state index is 10.1. The Morgan fingerprint density at radius 2 is 2.23 bits per heavy atom. The van der Waals surface area contributed by atoms with Crippen molar-refractivity contribution in [1.82, 2.24) is 4.98 Å². The van der Waals surface area contributed by atoms with Crippen molar-refractivity contribution in [2.75, 3.05) is 6.61 Å². The van der Waals surface area contributed by atoms with Gasteiger partial charge in [0.25, 0.3) is 0 Å². The molecular formula is C10H15NO2. The molecule has 0 aliphatic heterocycles. The van der Waals surface area contributed by atoms with Crippen LogP contribution in [-0.2, 0) is 5.60 Å². The first-order chi connectivity index (χ1) is 6.23. The van der Waals surface area contributed by atoms with Gasteiger partial charge in [-0.05, 0) is 18.6 Å². The third-order valence-corrected chi connectivity index (χ3v) is 2.25.